The molecule has 52 valence electrons. The normalized spacial score (nSPS) is 48.3. The maximum atomic E-state index is 8.95. The Morgan fingerprint density at radius 2 is 2.33 bits per heavy atom. The van der Waals surface area contributed by atoms with E-state index in [1.807, 2.05) is 0 Å². The summed E-state index contributed by atoms with van der Waals surface area (Å²) in [6.07, 6.45) is 2.52. The summed E-state index contributed by atoms with van der Waals surface area (Å²) in [6, 6.07) is 0. The molecule has 9 heavy (non-hydrogen) atoms. The van der Waals surface area contributed by atoms with Crippen LogP contribution in [0.1, 0.15) is 12.8 Å². The first kappa shape index (κ1) is 5.69. The van der Waals surface area contributed by atoms with Crippen molar-refractivity contribution < 1.29 is 5.11 Å². The predicted octanol–water partition coefficient (Wildman–Crippen LogP) is -0.0217. The van der Waals surface area contributed by atoms with Gasteiger partial charge in [-0.1, -0.05) is 0 Å². The fourth-order valence-electron chi connectivity index (χ4n) is 2.18. The van der Waals surface area contributed by atoms with Gasteiger partial charge in [-0.2, -0.15) is 0 Å². The molecule has 2 heteroatoms. The second-order valence-electron chi connectivity index (χ2n) is 3.56. The smallest absolute Gasteiger partial charge is 0.0499 e. The zero-order valence-corrected chi connectivity index (χ0v) is 5.56. The van der Waals surface area contributed by atoms with Gasteiger partial charge < -0.3 is 10.4 Å². The van der Waals surface area contributed by atoms with Crippen molar-refractivity contribution in [3.05, 3.63) is 0 Å². The molecule has 3 rings (SSSR count). The molecule has 3 fully saturated rings. The van der Waals surface area contributed by atoms with Crippen molar-refractivity contribution >= 4 is 0 Å². The number of fused-ring (bicyclic) bond motifs is 2. The van der Waals surface area contributed by atoms with Crippen molar-refractivity contribution in [2.45, 2.75) is 12.8 Å². The van der Waals surface area contributed by atoms with Gasteiger partial charge in [-0.25, -0.2) is 0 Å². The number of rotatable bonds is 1. The average Bonchev–Trinajstić information content (AvgIpc) is 1.88. The van der Waals surface area contributed by atoms with Crippen molar-refractivity contribution in [3.63, 3.8) is 0 Å². The van der Waals surface area contributed by atoms with Crippen LogP contribution in [0.25, 0.3) is 0 Å². The van der Waals surface area contributed by atoms with Gasteiger partial charge in [-0.05, 0) is 25.3 Å². The summed E-state index contributed by atoms with van der Waals surface area (Å²) in [7, 11) is 0. The van der Waals surface area contributed by atoms with Crippen LogP contribution in [0, 0.1) is 11.3 Å². The van der Waals surface area contributed by atoms with Crippen LogP contribution in [0.2, 0.25) is 0 Å². The molecular weight excluding hydrogens is 114 g/mol. The topological polar surface area (TPSA) is 32.3 Å². The van der Waals surface area contributed by atoms with E-state index in [4.69, 9.17) is 5.11 Å². The van der Waals surface area contributed by atoms with Crippen molar-refractivity contribution in [1.82, 2.24) is 5.32 Å². The van der Waals surface area contributed by atoms with Crippen molar-refractivity contribution in [2.75, 3.05) is 19.7 Å². The third-order valence-corrected chi connectivity index (χ3v) is 2.71. The lowest BCUT2D eigenvalue weighted by molar-refractivity contribution is -0.0337. The zero-order valence-electron chi connectivity index (χ0n) is 5.56. The minimum atomic E-state index is 0.308. The maximum Gasteiger partial charge on any atom is 0.0499 e. The molecular formula is C7H13NO. The fraction of sp³-hybridized carbons (Fsp3) is 1.00. The van der Waals surface area contributed by atoms with E-state index in [1.54, 1.807) is 0 Å². The molecule has 0 spiro atoms. The molecule has 1 aliphatic carbocycles. The van der Waals surface area contributed by atoms with Crippen molar-refractivity contribution in [3.8, 4) is 0 Å². The number of aliphatic hydroxyl groups excluding tert-OH is 1. The molecule has 1 saturated carbocycles. The van der Waals surface area contributed by atoms with Gasteiger partial charge in [0.2, 0.25) is 0 Å². The minimum absolute atomic E-state index is 0.308. The molecule has 0 unspecified atom stereocenters. The van der Waals surface area contributed by atoms with E-state index in [9.17, 15) is 0 Å². The van der Waals surface area contributed by atoms with Crippen LogP contribution in [0.5, 0.6) is 0 Å². The van der Waals surface area contributed by atoms with Crippen LogP contribution in [0.3, 0.4) is 0 Å². The van der Waals surface area contributed by atoms with Crippen LogP contribution in [-0.4, -0.2) is 24.8 Å². The predicted molar refractivity (Wildman–Crippen MR) is 35.1 cm³/mol. The summed E-state index contributed by atoms with van der Waals surface area (Å²) >= 11 is 0. The average molecular weight is 127 g/mol. The summed E-state index contributed by atoms with van der Waals surface area (Å²) in [5.41, 5.74) is 0.308. The number of piperidine rings is 2. The van der Waals surface area contributed by atoms with E-state index >= 15 is 0 Å². The molecule has 2 N–H and O–H groups in total. The quantitative estimate of drug-likeness (QED) is 0.519. The molecule has 2 bridgehead atoms. The Bertz CT molecular complexity index is 113. The summed E-state index contributed by atoms with van der Waals surface area (Å²) in [5.74, 6) is 0.880. The molecule has 2 heterocycles. The van der Waals surface area contributed by atoms with E-state index in [2.05, 4.69) is 5.32 Å². The van der Waals surface area contributed by atoms with Crippen LogP contribution in [0.4, 0.5) is 0 Å². The molecule has 0 aromatic heterocycles. The van der Waals surface area contributed by atoms with Crippen molar-refractivity contribution in [1.29, 1.82) is 0 Å². The Kier molecular flexibility index (Phi) is 1.08. The number of nitrogens with one attached hydrogen (secondary N) is 1. The van der Waals surface area contributed by atoms with Gasteiger partial charge in [-0.3, -0.25) is 0 Å². The zero-order chi connectivity index (χ0) is 6.32. The Morgan fingerprint density at radius 1 is 1.56 bits per heavy atom. The Hall–Kier alpha value is -0.0800. The SMILES string of the molecule is OCC12CNCC(C1)C2. The third kappa shape index (κ3) is 0.700. The van der Waals surface area contributed by atoms with Gasteiger partial charge in [0.15, 0.2) is 0 Å². The summed E-state index contributed by atoms with van der Waals surface area (Å²) in [5, 5.41) is 12.3. The van der Waals surface area contributed by atoms with Gasteiger partial charge in [0.05, 0.1) is 0 Å². The molecule has 2 nitrogen and oxygen atoms in total. The van der Waals surface area contributed by atoms with Crippen molar-refractivity contribution in [2.24, 2.45) is 11.3 Å². The summed E-state index contributed by atoms with van der Waals surface area (Å²) in [4.78, 5) is 0. The third-order valence-electron chi connectivity index (χ3n) is 2.71. The number of hydrogen-bond donors (Lipinski definition) is 2. The van der Waals surface area contributed by atoms with Gasteiger partial charge in [-0.15, -0.1) is 0 Å². The first-order valence-electron chi connectivity index (χ1n) is 3.66. The highest BCUT2D eigenvalue weighted by atomic mass is 16.3. The molecule has 0 radical (unpaired) electrons. The van der Waals surface area contributed by atoms with Gasteiger partial charge in [0.1, 0.15) is 0 Å². The van der Waals surface area contributed by atoms with E-state index in [0.717, 1.165) is 12.5 Å². The lowest BCUT2D eigenvalue weighted by Gasteiger charge is -2.51. The molecule has 2 aliphatic heterocycles. The van der Waals surface area contributed by atoms with Gasteiger partial charge in [0, 0.05) is 18.6 Å². The second-order valence-corrected chi connectivity index (χ2v) is 3.56. The second kappa shape index (κ2) is 1.70. The monoisotopic (exact) mass is 127 g/mol. The molecule has 0 aromatic rings. The molecule has 3 aliphatic rings. The summed E-state index contributed by atoms with van der Waals surface area (Å²) in [6.45, 7) is 2.61. The molecule has 0 atom stereocenters. The van der Waals surface area contributed by atoms with Gasteiger partial charge >= 0.3 is 0 Å². The molecule has 0 amide bonds. The summed E-state index contributed by atoms with van der Waals surface area (Å²) < 4.78 is 0. The molecule has 0 aromatic carbocycles. The molecule has 2 saturated heterocycles. The number of aliphatic hydroxyl groups is 1. The Morgan fingerprint density at radius 3 is 2.67 bits per heavy atom. The fourth-order valence-corrected chi connectivity index (χ4v) is 2.18. The first-order chi connectivity index (χ1) is 4.35. The van der Waals surface area contributed by atoms with E-state index in [0.29, 0.717) is 12.0 Å². The van der Waals surface area contributed by atoms with E-state index < -0.39 is 0 Å². The first-order valence-corrected chi connectivity index (χ1v) is 3.66. The Labute approximate surface area is 55.3 Å². The highest BCUT2D eigenvalue weighted by Crippen LogP contribution is 2.46. The largest absolute Gasteiger partial charge is 0.396 e. The minimum Gasteiger partial charge on any atom is -0.396 e. The van der Waals surface area contributed by atoms with Crippen LogP contribution < -0.4 is 5.32 Å². The van der Waals surface area contributed by atoms with E-state index in [1.165, 1.54) is 19.4 Å². The lowest BCUT2D eigenvalue weighted by atomic mass is 9.60. The lowest BCUT2D eigenvalue weighted by Crippen LogP contribution is -2.56. The maximum absolute atomic E-state index is 8.95. The number of hydrogen-bond acceptors (Lipinski definition) is 2. The van der Waals surface area contributed by atoms with Crippen LogP contribution in [-0.2, 0) is 0 Å². The highest BCUT2D eigenvalue weighted by molar-refractivity contribution is 4.99. The Balaban J connectivity index is 2.02. The highest BCUT2D eigenvalue weighted by Gasteiger charge is 2.46. The van der Waals surface area contributed by atoms with Crippen LogP contribution in [0.15, 0.2) is 0 Å². The van der Waals surface area contributed by atoms with Crippen LogP contribution >= 0.6 is 0 Å². The standard InChI is InChI=1S/C7H13NO/c9-5-7-1-6(2-7)3-8-4-7/h6,8-9H,1-5H2. The van der Waals surface area contributed by atoms with E-state index in [-0.39, 0.29) is 0 Å². The van der Waals surface area contributed by atoms with Gasteiger partial charge in [0.25, 0.3) is 0 Å².